The van der Waals surface area contributed by atoms with Gasteiger partial charge in [0.2, 0.25) is 0 Å². The van der Waals surface area contributed by atoms with Gasteiger partial charge in [0.25, 0.3) is 0 Å². The monoisotopic (exact) mass is 220 g/mol. The van der Waals surface area contributed by atoms with E-state index in [1.807, 2.05) is 0 Å². The molecule has 0 saturated carbocycles. The lowest BCUT2D eigenvalue weighted by atomic mass is 10.2. The van der Waals surface area contributed by atoms with Gasteiger partial charge in [0.05, 0.1) is 14.2 Å². The molecule has 0 N–H and O–H groups in total. The Morgan fingerprint density at radius 2 is 1.80 bits per heavy atom. The van der Waals surface area contributed by atoms with E-state index in [0.29, 0.717) is 6.07 Å². The first-order valence-electron chi connectivity index (χ1n) is 3.82. The fourth-order valence-corrected chi connectivity index (χ4v) is 1.05. The minimum Gasteiger partial charge on any atom is -0.491 e. The van der Waals surface area contributed by atoms with Gasteiger partial charge in [0.1, 0.15) is 11.4 Å². The van der Waals surface area contributed by atoms with Crippen LogP contribution in [0.15, 0.2) is 6.07 Å². The van der Waals surface area contributed by atoms with Gasteiger partial charge in [-0.15, -0.1) is 0 Å². The second-order valence-electron chi connectivity index (χ2n) is 2.55. The van der Waals surface area contributed by atoms with Crippen LogP contribution < -0.4 is 4.74 Å². The molecule has 15 heavy (non-hydrogen) atoms. The molecule has 0 spiro atoms. The lowest BCUT2D eigenvalue weighted by Gasteiger charge is -2.07. The van der Waals surface area contributed by atoms with E-state index in [9.17, 15) is 18.0 Å². The molecule has 1 aromatic rings. The summed E-state index contributed by atoms with van der Waals surface area (Å²) in [7, 11) is 1.96. The minimum atomic E-state index is -1.41. The Labute approximate surface area is 83.4 Å². The highest BCUT2D eigenvalue weighted by Crippen LogP contribution is 2.27. The van der Waals surface area contributed by atoms with Crippen molar-refractivity contribution in [1.82, 2.24) is 0 Å². The Morgan fingerprint density at radius 3 is 2.27 bits per heavy atom. The van der Waals surface area contributed by atoms with Gasteiger partial charge in [-0.25, -0.2) is 18.0 Å². The number of rotatable bonds is 2. The predicted octanol–water partition coefficient (Wildman–Crippen LogP) is 1.90. The van der Waals surface area contributed by atoms with Crippen molar-refractivity contribution in [2.45, 2.75) is 0 Å². The number of esters is 1. The molecule has 0 heterocycles. The zero-order chi connectivity index (χ0) is 11.6. The summed E-state index contributed by atoms with van der Waals surface area (Å²) in [6.45, 7) is 0. The van der Waals surface area contributed by atoms with Crippen molar-refractivity contribution in [2.24, 2.45) is 0 Å². The van der Waals surface area contributed by atoms with Crippen LogP contribution in [0.5, 0.6) is 5.75 Å². The Morgan fingerprint density at radius 1 is 1.20 bits per heavy atom. The summed E-state index contributed by atoms with van der Waals surface area (Å²) in [6.07, 6.45) is 0. The Bertz CT molecular complexity index is 404. The molecule has 0 aliphatic heterocycles. The zero-order valence-electron chi connectivity index (χ0n) is 7.94. The van der Waals surface area contributed by atoms with Crippen LogP contribution in [-0.2, 0) is 4.74 Å². The maximum Gasteiger partial charge on any atom is 0.344 e. The van der Waals surface area contributed by atoms with Gasteiger partial charge >= 0.3 is 5.97 Å². The predicted molar refractivity (Wildman–Crippen MR) is 44.2 cm³/mol. The summed E-state index contributed by atoms with van der Waals surface area (Å²) in [5.41, 5.74) is -0.976. The summed E-state index contributed by atoms with van der Waals surface area (Å²) in [6, 6.07) is 0.355. The van der Waals surface area contributed by atoms with Crippen LogP contribution >= 0.6 is 0 Å². The molecule has 0 bridgehead atoms. The molecule has 0 fully saturated rings. The Hall–Kier alpha value is -1.72. The van der Waals surface area contributed by atoms with Crippen molar-refractivity contribution in [1.29, 1.82) is 0 Å². The van der Waals surface area contributed by atoms with E-state index in [1.165, 1.54) is 0 Å². The standard InChI is InChI=1S/C9H7F3O3/c1-14-8-5(11)3-4(10)6(7(8)12)9(13)15-2/h3H,1-2H3. The van der Waals surface area contributed by atoms with Gasteiger partial charge < -0.3 is 9.47 Å². The van der Waals surface area contributed by atoms with Crippen LogP contribution in [0.25, 0.3) is 0 Å². The maximum atomic E-state index is 13.3. The summed E-state index contributed by atoms with van der Waals surface area (Å²) >= 11 is 0. The lowest BCUT2D eigenvalue weighted by Crippen LogP contribution is -2.10. The van der Waals surface area contributed by atoms with E-state index < -0.39 is 34.7 Å². The Balaban J connectivity index is 3.45. The smallest absolute Gasteiger partial charge is 0.344 e. The normalized spacial score (nSPS) is 9.93. The van der Waals surface area contributed by atoms with Gasteiger partial charge in [-0.1, -0.05) is 0 Å². The fourth-order valence-electron chi connectivity index (χ4n) is 1.05. The van der Waals surface area contributed by atoms with Crippen molar-refractivity contribution < 1.29 is 27.4 Å². The van der Waals surface area contributed by atoms with Crippen LogP contribution in [0.2, 0.25) is 0 Å². The van der Waals surface area contributed by atoms with Crippen LogP contribution in [-0.4, -0.2) is 20.2 Å². The molecule has 0 aromatic heterocycles. The van der Waals surface area contributed by atoms with E-state index in [0.717, 1.165) is 14.2 Å². The molecule has 0 radical (unpaired) electrons. The summed E-state index contributed by atoms with van der Waals surface area (Å²) in [4.78, 5) is 11.0. The van der Waals surface area contributed by atoms with E-state index in [-0.39, 0.29) is 0 Å². The fraction of sp³-hybridized carbons (Fsp3) is 0.222. The maximum absolute atomic E-state index is 13.3. The highest BCUT2D eigenvalue weighted by Gasteiger charge is 2.25. The topological polar surface area (TPSA) is 35.5 Å². The molecular weight excluding hydrogens is 213 g/mol. The van der Waals surface area contributed by atoms with Gasteiger partial charge in [0, 0.05) is 6.07 Å². The number of carbonyl (C=O) groups excluding carboxylic acids is 1. The molecule has 1 aromatic carbocycles. The number of halogens is 3. The first-order valence-corrected chi connectivity index (χ1v) is 3.82. The first kappa shape index (κ1) is 11.4. The molecule has 0 amide bonds. The third kappa shape index (κ3) is 1.88. The van der Waals surface area contributed by atoms with E-state index in [1.54, 1.807) is 0 Å². The number of ether oxygens (including phenoxy) is 2. The molecule has 0 atom stereocenters. The van der Waals surface area contributed by atoms with Gasteiger partial charge in [-0.3, -0.25) is 0 Å². The molecule has 0 unspecified atom stereocenters. The third-order valence-corrected chi connectivity index (χ3v) is 1.72. The van der Waals surface area contributed by atoms with Gasteiger partial charge in [-0.05, 0) is 0 Å². The van der Waals surface area contributed by atoms with Gasteiger partial charge in [0.15, 0.2) is 17.4 Å². The van der Waals surface area contributed by atoms with Crippen molar-refractivity contribution in [2.75, 3.05) is 14.2 Å². The van der Waals surface area contributed by atoms with E-state index >= 15 is 0 Å². The van der Waals surface area contributed by atoms with Crippen molar-refractivity contribution >= 4 is 5.97 Å². The van der Waals surface area contributed by atoms with E-state index in [4.69, 9.17) is 0 Å². The first-order chi connectivity index (χ1) is 7.02. The quantitative estimate of drug-likeness (QED) is 0.714. The second-order valence-corrected chi connectivity index (χ2v) is 2.55. The van der Waals surface area contributed by atoms with Crippen LogP contribution in [0.1, 0.15) is 10.4 Å². The molecule has 0 aliphatic rings. The highest BCUT2D eigenvalue weighted by atomic mass is 19.1. The average molecular weight is 220 g/mol. The molecule has 0 aliphatic carbocycles. The SMILES string of the molecule is COC(=O)c1c(F)cc(F)c(OC)c1F. The summed E-state index contributed by atoms with van der Waals surface area (Å²) < 4.78 is 47.7. The van der Waals surface area contributed by atoms with E-state index in [2.05, 4.69) is 9.47 Å². The lowest BCUT2D eigenvalue weighted by molar-refractivity contribution is 0.0588. The highest BCUT2D eigenvalue weighted by molar-refractivity contribution is 5.90. The third-order valence-electron chi connectivity index (χ3n) is 1.72. The van der Waals surface area contributed by atoms with Crippen molar-refractivity contribution in [3.63, 3.8) is 0 Å². The molecule has 3 nitrogen and oxygen atoms in total. The largest absolute Gasteiger partial charge is 0.491 e. The molecule has 6 heteroatoms. The van der Waals surface area contributed by atoms with Crippen LogP contribution in [0.4, 0.5) is 13.2 Å². The number of benzene rings is 1. The number of hydrogen-bond donors (Lipinski definition) is 0. The van der Waals surface area contributed by atoms with Crippen molar-refractivity contribution in [3.05, 3.63) is 29.1 Å². The number of methoxy groups -OCH3 is 2. The van der Waals surface area contributed by atoms with Gasteiger partial charge in [-0.2, -0.15) is 0 Å². The zero-order valence-corrected chi connectivity index (χ0v) is 7.94. The summed E-state index contributed by atoms with van der Waals surface area (Å²) in [5.74, 6) is -6.03. The number of hydrogen-bond acceptors (Lipinski definition) is 3. The molecular formula is C9H7F3O3. The summed E-state index contributed by atoms with van der Waals surface area (Å²) in [5, 5.41) is 0. The molecule has 1 rings (SSSR count). The Kier molecular flexibility index (Phi) is 3.18. The average Bonchev–Trinajstić information content (AvgIpc) is 2.17. The minimum absolute atomic E-state index is 0.355. The molecule has 82 valence electrons. The van der Waals surface area contributed by atoms with Crippen LogP contribution in [0, 0.1) is 17.5 Å². The van der Waals surface area contributed by atoms with Crippen LogP contribution in [0.3, 0.4) is 0 Å². The second kappa shape index (κ2) is 4.20. The number of carbonyl (C=O) groups is 1. The van der Waals surface area contributed by atoms with Crippen molar-refractivity contribution in [3.8, 4) is 5.75 Å². The molecule has 0 saturated heterocycles.